The van der Waals surface area contributed by atoms with Crippen LogP contribution in [0.5, 0.6) is 0 Å². The summed E-state index contributed by atoms with van der Waals surface area (Å²) < 4.78 is 15.5. The highest BCUT2D eigenvalue weighted by molar-refractivity contribution is 7.99. The number of halogens is 1. The number of nitro benzene ring substituents is 1. The molecule has 34 heavy (non-hydrogen) atoms. The van der Waals surface area contributed by atoms with Gasteiger partial charge in [-0.3, -0.25) is 24.3 Å². The number of nitro groups is 1. The van der Waals surface area contributed by atoms with Crippen molar-refractivity contribution in [2.24, 2.45) is 0 Å². The molecule has 1 heterocycles. The number of fused-ring (bicyclic) bond motifs is 1. The van der Waals surface area contributed by atoms with E-state index in [9.17, 15) is 24.1 Å². The third-order valence-corrected chi connectivity index (χ3v) is 6.03. The van der Waals surface area contributed by atoms with E-state index in [2.05, 4.69) is 10.3 Å². The van der Waals surface area contributed by atoms with Crippen LogP contribution in [0.4, 0.5) is 15.8 Å². The second-order valence-corrected chi connectivity index (χ2v) is 8.49. The highest BCUT2D eigenvalue weighted by Crippen LogP contribution is 2.23. The van der Waals surface area contributed by atoms with E-state index in [1.807, 2.05) is 31.2 Å². The fraction of sp³-hybridized carbons (Fsp3) is 0.125. The van der Waals surface area contributed by atoms with Gasteiger partial charge in [0.2, 0.25) is 5.91 Å². The number of rotatable bonds is 7. The van der Waals surface area contributed by atoms with Crippen molar-refractivity contribution in [2.75, 3.05) is 11.1 Å². The average molecular weight is 479 g/mol. The van der Waals surface area contributed by atoms with Gasteiger partial charge in [0, 0.05) is 12.1 Å². The molecule has 0 saturated heterocycles. The Morgan fingerprint density at radius 3 is 2.62 bits per heavy atom. The Hall–Kier alpha value is -4.05. The van der Waals surface area contributed by atoms with Crippen LogP contribution in [-0.2, 0) is 11.3 Å². The molecule has 0 aliphatic carbocycles. The highest BCUT2D eigenvalue weighted by atomic mass is 32.2. The van der Waals surface area contributed by atoms with E-state index in [0.29, 0.717) is 16.1 Å². The summed E-state index contributed by atoms with van der Waals surface area (Å²) in [6, 6.07) is 17.6. The van der Waals surface area contributed by atoms with Gasteiger partial charge in [0.1, 0.15) is 5.82 Å². The number of benzene rings is 3. The number of carbonyl (C=O) groups is 1. The molecular formula is C24H19FN4O4S. The monoisotopic (exact) mass is 478 g/mol. The molecule has 4 rings (SSSR count). The highest BCUT2D eigenvalue weighted by Gasteiger charge is 2.16. The number of anilines is 1. The summed E-state index contributed by atoms with van der Waals surface area (Å²) in [7, 11) is 0. The summed E-state index contributed by atoms with van der Waals surface area (Å²) in [5.41, 5.74) is 1.62. The summed E-state index contributed by atoms with van der Waals surface area (Å²) in [4.78, 5) is 40.5. The topological polar surface area (TPSA) is 107 Å². The number of thioether (sulfide) groups is 1. The zero-order valence-corrected chi connectivity index (χ0v) is 18.8. The second-order valence-electron chi connectivity index (χ2n) is 7.55. The van der Waals surface area contributed by atoms with Gasteiger partial charge in [0.05, 0.1) is 33.8 Å². The molecule has 0 atom stereocenters. The second kappa shape index (κ2) is 9.84. The quantitative estimate of drug-likeness (QED) is 0.181. The predicted molar refractivity (Wildman–Crippen MR) is 129 cm³/mol. The molecule has 1 N–H and O–H groups in total. The Balaban J connectivity index is 1.60. The minimum atomic E-state index is -0.788. The van der Waals surface area contributed by atoms with Gasteiger partial charge in [0.25, 0.3) is 11.2 Å². The van der Waals surface area contributed by atoms with Gasteiger partial charge in [-0.1, -0.05) is 53.7 Å². The van der Waals surface area contributed by atoms with Crippen molar-refractivity contribution < 1.29 is 14.1 Å². The lowest BCUT2D eigenvalue weighted by molar-refractivity contribution is -0.384. The molecule has 0 fully saturated rings. The summed E-state index contributed by atoms with van der Waals surface area (Å²) in [5, 5.41) is 14.1. The van der Waals surface area contributed by atoms with Crippen molar-refractivity contribution in [1.82, 2.24) is 9.55 Å². The van der Waals surface area contributed by atoms with E-state index < -0.39 is 16.6 Å². The van der Waals surface area contributed by atoms with Gasteiger partial charge in [-0.2, -0.15) is 0 Å². The first kappa shape index (κ1) is 23.1. The lowest BCUT2D eigenvalue weighted by Crippen LogP contribution is -2.25. The molecule has 172 valence electrons. The molecule has 3 aromatic carbocycles. The molecule has 0 aliphatic heterocycles. The largest absolute Gasteiger partial charge is 0.323 e. The van der Waals surface area contributed by atoms with Gasteiger partial charge in [-0.05, 0) is 30.7 Å². The molecule has 0 spiro atoms. The van der Waals surface area contributed by atoms with E-state index in [1.54, 1.807) is 24.3 Å². The van der Waals surface area contributed by atoms with Gasteiger partial charge in [-0.15, -0.1) is 0 Å². The normalized spacial score (nSPS) is 10.9. The molecule has 1 aromatic heterocycles. The van der Waals surface area contributed by atoms with Crippen molar-refractivity contribution in [1.29, 1.82) is 0 Å². The van der Waals surface area contributed by atoms with Gasteiger partial charge in [-0.25, -0.2) is 9.37 Å². The standard InChI is InChI=1S/C24H19FN4O4S/c1-15-6-8-16(9-7-15)13-28-23(31)18-4-2-3-5-20(18)27-24(28)34-14-22(30)26-21-12-17(29(32)33)10-11-19(21)25/h2-12H,13-14H2,1H3,(H,26,30). The molecule has 0 aliphatic rings. The summed E-state index contributed by atoms with van der Waals surface area (Å²) in [5.74, 6) is -1.56. The molecule has 0 unspecified atom stereocenters. The van der Waals surface area contributed by atoms with Crippen LogP contribution in [0.2, 0.25) is 0 Å². The number of hydrogen-bond donors (Lipinski definition) is 1. The van der Waals surface area contributed by atoms with Crippen molar-refractivity contribution in [2.45, 2.75) is 18.6 Å². The Morgan fingerprint density at radius 1 is 1.15 bits per heavy atom. The maximum atomic E-state index is 14.0. The lowest BCUT2D eigenvalue weighted by atomic mass is 10.1. The summed E-state index contributed by atoms with van der Waals surface area (Å²) in [6.45, 7) is 2.23. The summed E-state index contributed by atoms with van der Waals surface area (Å²) in [6.07, 6.45) is 0. The van der Waals surface area contributed by atoms with Crippen molar-refractivity contribution in [3.05, 3.63) is 104 Å². The Morgan fingerprint density at radius 2 is 1.88 bits per heavy atom. The average Bonchev–Trinajstić information content (AvgIpc) is 2.82. The number of para-hydroxylation sites is 1. The fourth-order valence-electron chi connectivity index (χ4n) is 3.31. The predicted octanol–water partition coefficient (Wildman–Crippen LogP) is 4.53. The van der Waals surface area contributed by atoms with Crippen LogP contribution < -0.4 is 10.9 Å². The van der Waals surface area contributed by atoms with Crippen LogP contribution in [0.1, 0.15) is 11.1 Å². The first-order valence-electron chi connectivity index (χ1n) is 10.2. The third-order valence-electron chi connectivity index (χ3n) is 5.06. The number of carbonyl (C=O) groups excluding carboxylic acids is 1. The van der Waals surface area contributed by atoms with Crippen LogP contribution >= 0.6 is 11.8 Å². The van der Waals surface area contributed by atoms with E-state index in [-0.39, 0.29) is 29.2 Å². The Bertz CT molecular complexity index is 1450. The number of aromatic nitrogens is 2. The minimum absolute atomic E-state index is 0.180. The zero-order chi connectivity index (χ0) is 24.2. The van der Waals surface area contributed by atoms with Crippen LogP contribution in [0, 0.1) is 22.9 Å². The SMILES string of the molecule is Cc1ccc(Cn2c(SCC(=O)Nc3cc([N+](=O)[O-])ccc3F)nc3ccccc3c2=O)cc1. The molecule has 0 radical (unpaired) electrons. The molecule has 8 nitrogen and oxygen atoms in total. The number of nitrogens with one attached hydrogen (secondary N) is 1. The first-order valence-corrected chi connectivity index (χ1v) is 11.2. The van der Waals surface area contributed by atoms with Crippen molar-refractivity contribution >= 4 is 39.9 Å². The number of amides is 1. The van der Waals surface area contributed by atoms with Crippen LogP contribution in [0.25, 0.3) is 10.9 Å². The van der Waals surface area contributed by atoms with Crippen molar-refractivity contribution in [3.63, 3.8) is 0 Å². The molecule has 1 amide bonds. The van der Waals surface area contributed by atoms with Gasteiger partial charge in [0.15, 0.2) is 5.16 Å². The van der Waals surface area contributed by atoms with Crippen molar-refractivity contribution in [3.8, 4) is 0 Å². The van der Waals surface area contributed by atoms with Gasteiger partial charge >= 0.3 is 0 Å². The van der Waals surface area contributed by atoms with E-state index in [4.69, 9.17) is 0 Å². The third kappa shape index (κ3) is 5.12. The molecule has 10 heteroatoms. The van der Waals surface area contributed by atoms with Crippen LogP contribution in [-0.4, -0.2) is 26.1 Å². The van der Waals surface area contributed by atoms with Crippen LogP contribution in [0.15, 0.2) is 76.7 Å². The van der Waals surface area contributed by atoms with E-state index in [0.717, 1.165) is 41.1 Å². The first-order chi connectivity index (χ1) is 16.3. The van der Waals surface area contributed by atoms with E-state index in [1.165, 1.54) is 4.57 Å². The van der Waals surface area contributed by atoms with Gasteiger partial charge < -0.3 is 5.32 Å². The molecule has 0 saturated carbocycles. The summed E-state index contributed by atoms with van der Waals surface area (Å²) >= 11 is 1.03. The number of nitrogens with zero attached hydrogens (tertiary/aromatic N) is 3. The van der Waals surface area contributed by atoms with E-state index >= 15 is 0 Å². The minimum Gasteiger partial charge on any atom is -0.323 e. The van der Waals surface area contributed by atoms with Crippen LogP contribution in [0.3, 0.4) is 0 Å². The fourth-order valence-corrected chi connectivity index (χ4v) is 4.11. The maximum absolute atomic E-state index is 14.0. The Kier molecular flexibility index (Phi) is 6.69. The molecular weight excluding hydrogens is 459 g/mol. The lowest BCUT2D eigenvalue weighted by Gasteiger charge is -2.13. The molecule has 0 bridgehead atoms. The zero-order valence-electron chi connectivity index (χ0n) is 18.0. The molecule has 4 aromatic rings. The smallest absolute Gasteiger partial charge is 0.271 e. The number of non-ortho nitro benzene ring substituents is 1. The Labute approximate surface area is 197 Å². The maximum Gasteiger partial charge on any atom is 0.271 e. The number of hydrogen-bond acceptors (Lipinski definition) is 6. The number of aryl methyl sites for hydroxylation is 1.